The number of carboxylic acid groups (broad SMARTS) is 1. The molecule has 4 bridgehead atoms. The van der Waals surface area contributed by atoms with Crippen molar-refractivity contribution in [2.75, 3.05) is 0 Å². The maximum Gasteiger partial charge on any atom is 0.373 e. The molecular formula is C15H18N2O2. The molecule has 4 nitrogen and oxygen atoms in total. The summed E-state index contributed by atoms with van der Waals surface area (Å²) < 4.78 is 0. The predicted molar refractivity (Wildman–Crippen MR) is 68.8 cm³/mol. The minimum atomic E-state index is -1.02. The first-order valence-electron chi connectivity index (χ1n) is 7.27. The Kier molecular flexibility index (Phi) is 2.41. The highest BCUT2D eigenvalue weighted by molar-refractivity contribution is 5.82. The molecule has 0 atom stereocenters. The second kappa shape index (κ2) is 4.02. The molecule has 0 aliphatic heterocycles. The third-order valence-electron chi connectivity index (χ3n) is 5.44. The van der Waals surface area contributed by atoms with Crippen molar-refractivity contribution in [2.24, 2.45) is 23.7 Å². The van der Waals surface area contributed by atoms with Gasteiger partial charge in [-0.05, 0) is 61.8 Å². The van der Waals surface area contributed by atoms with Crippen LogP contribution in [0.4, 0.5) is 0 Å². The average Bonchev–Trinajstić information content (AvgIpc) is 2.37. The fraction of sp³-hybridized carbons (Fsp3) is 0.667. The molecule has 0 unspecified atom stereocenters. The van der Waals surface area contributed by atoms with Gasteiger partial charge in [-0.1, -0.05) is 0 Å². The Hall–Kier alpha value is -1.45. The van der Waals surface area contributed by atoms with E-state index in [1.54, 1.807) is 6.20 Å². The molecule has 0 radical (unpaired) electrons. The van der Waals surface area contributed by atoms with Gasteiger partial charge in [0, 0.05) is 17.8 Å². The van der Waals surface area contributed by atoms with Crippen molar-refractivity contribution in [1.82, 2.24) is 9.97 Å². The van der Waals surface area contributed by atoms with Gasteiger partial charge >= 0.3 is 5.97 Å². The molecule has 0 spiro atoms. The van der Waals surface area contributed by atoms with E-state index in [9.17, 15) is 4.79 Å². The van der Waals surface area contributed by atoms with Crippen LogP contribution >= 0.6 is 0 Å². The predicted octanol–water partition coefficient (Wildman–Crippen LogP) is 2.71. The number of hydrogen-bond donors (Lipinski definition) is 1. The molecule has 4 aliphatic rings. The number of aromatic nitrogens is 2. The van der Waals surface area contributed by atoms with Gasteiger partial charge in [0.25, 0.3) is 0 Å². The van der Waals surface area contributed by atoms with E-state index in [2.05, 4.69) is 9.97 Å². The van der Waals surface area contributed by atoms with Crippen LogP contribution in [0.1, 0.15) is 54.3 Å². The summed E-state index contributed by atoms with van der Waals surface area (Å²) >= 11 is 0. The summed E-state index contributed by atoms with van der Waals surface area (Å²) in [6.07, 6.45) is 8.34. The van der Waals surface area contributed by atoms with E-state index in [-0.39, 0.29) is 5.82 Å². The average molecular weight is 258 g/mol. The van der Waals surface area contributed by atoms with Crippen LogP contribution in [-0.4, -0.2) is 21.0 Å². The molecule has 1 aromatic rings. The molecule has 4 fully saturated rings. The van der Waals surface area contributed by atoms with Gasteiger partial charge in [-0.3, -0.25) is 0 Å². The van der Waals surface area contributed by atoms with E-state index < -0.39 is 5.97 Å². The van der Waals surface area contributed by atoms with Crippen LogP contribution in [0.25, 0.3) is 0 Å². The quantitative estimate of drug-likeness (QED) is 0.886. The standard InChI is InChI=1S/C15H18N2O2/c18-15(19)14-16-2-1-12(17-14)13-10-4-8-3-9(6-10)7-11(13)5-8/h1-2,8-11,13H,3-7H2,(H,18,19). The fourth-order valence-corrected chi connectivity index (χ4v) is 5.07. The number of hydrogen-bond acceptors (Lipinski definition) is 3. The molecule has 0 aromatic carbocycles. The molecule has 0 amide bonds. The van der Waals surface area contributed by atoms with Crippen LogP contribution in [0.3, 0.4) is 0 Å². The van der Waals surface area contributed by atoms with Crippen LogP contribution in [-0.2, 0) is 0 Å². The van der Waals surface area contributed by atoms with Crippen molar-refractivity contribution in [3.63, 3.8) is 0 Å². The SMILES string of the molecule is O=C(O)c1nccc(C2C3CC4CC(C3)CC2C4)n1. The van der Waals surface area contributed by atoms with Crippen molar-refractivity contribution >= 4 is 5.97 Å². The first-order chi connectivity index (χ1) is 9.20. The Balaban J connectivity index is 1.69. The minimum Gasteiger partial charge on any atom is -0.475 e. The third-order valence-corrected chi connectivity index (χ3v) is 5.44. The van der Waals surface area contributed by atoms with Gasteiger partial charge in [0.15, 0.2) is 0 Å². The highest BCUT2D eigenvalue weighted by Crippen LogP contribution is 2.59. The van der Waals surface area contributed by atoms with E-state index >= 15 is 0 Å². The molecule has 4 aliphatic carbocycles. The van der Waals surface area contributed by atoms with Crippen molar-refractivity contribution in [3.8, 4) is 0 Å². The van der Waals surface area contributed by atoms with Crippen molar-refractivity contribution in [3.05, 3.63) is 23.8 Å². The Morgan fingerprint density at radius 3 is 2.32 bits per heavy atom. The second-order valence-electron chi connectivity index (χ2n) is 6.57. The van der Waals surface area contributed by atoms with E-state index in [1.807, 2.05) is 6.07 Å². The summed E-state index contributed by atoms with van der Waals surface area (Å²) in [7, 11) is 0. The lowest BCUT2D eigenvalue weighted by Gasteiger charge is -2.54. The zero-order valence-electron chi connectivity index (χ0n) is 10.8. The maximum absolute atomic E-state index is 11.0. The van der Waals surface area contributed by atoms with Crippen molar-refractivity contribution in [2.45, 2.75) is 38.0 Å². The molecule has 0 saturated heterocycles. The molecule has 4 heteroatoms. The summed E-state index contributed by atoms with van der Waals surface area (Å²) in [5.41, 5.74) is 0.973. The maximum atomic E-state index is 11.0. The lowest BCUT2D eigenvalue weighted by Crippen LogP contribution is -2.44. The lowest BCUT2D eigenvalue weighted by atomic mass is 9.51. The van der Waals surface area contributed by atoms with Crippen LogP contribution in [0.2, 0.25) is 0 Å². The van der Waals surface area contributed by atoms with E-state index in [0.29, 0.717) is 5.92 Å². The number of carboxylic acids is 1. The van der Waals surface area contributed by atoms with Gasteiger partial charge < -0.3 is 5.11 Å². The van der Waals surface area contributed by atoms with Crippen LogP contribution in [0.5, 0.6) is 0 Å². The van der Waals surface area contributed by atoms with Gasteiger partial charge in [0.05, 0.1) is 0 Å². The van der Waals surface area contributed by atoms with Gasteiger partial charge in [0.1, 0.15) is 0 Å². The summed E-state index contributed by atoms with van der Waals surface area (Å²) in [4.78, 5) is 19.2. The lowest BCUT2D eigenvalue weighted by molar-refractivity contribution is -0.00430. The molecule has 1 aromatic heterocycles. The summed E-state index contributed by atoms with van der Waals surface area (Å²) in [5, 5.41) is 9.03. The first-order valence-corrected chi connectivity index (χ1v) is 7.27. The summed E-state index contributed by atoms with van der Waals surface area (Å²) in [5.74, 6) is 2.73. The Morgan fingerprint density at radius 2 is 1.74 bits per heavy atom. The van der Waals surface area contributed by atoms with Crippen LogP contribution < -0.4 is 0 Å². The number of rotatable bonds is 2. The van der Waals surface area contributed by atoms with Gasteiger partial charge in [-0.15, -0.1) is 0 Å². The number of carbonyl (C=O) groups is 1. The monoisotopic (exact) mass is 258 g/mol. The van der Waals surface area contributed by atoms with Crippen molar-refractivity contribution < 1.29 is 9.90 Å². The highest BCUT2D eigenvalue weighted by Gasteiger charge is 2.49. The molecule has 5 rings (SSSR count). The normalized spacial score (nSPS) is 39.5. The molecule has 4 saturated carbocycles. The van der Waals surface area contributed by atoms with Crippen LogP contribution in [0, 0.1) is 23.7 Å². The van der Waals surface area contributed by atoms with Crippen molar-refractivity contribution in [1.29, 1.82) is 0 Å². The Bertz CT molecular complexity index is 501. The van der Waals surface area contributed by atoms with E-state index in [0.717, 1.165) is 29.4 Å². The zero-order valence-corrected chi connectivity index (χ0v) is 10.8. The Morgan fingerprint density at radius 1 is 1.11 bits per heavy atom. The topological polar surface area (TPSA) is 63.1 Å². The molecular weight excluding hydrogens is 240 g/mol. The Labute approximate surface area is 112 Å². The summed E-state index contributed by atoms with van der Waals surface area (Å²) in [6, 6.07) is 1.93. The molecule has 1 heterocycles. The fourth-order valence-electron chi connectivity index (χ4n) is 5.07. The number of aromatic carboxylic acids is 1. The molecule has 1 N–H and O–H groups in total. The van der Waals surface area contributed by atoms with Gasteiger partial charge in [-0.25, -0.2) is 14.8 Å². The van der Waals surface area contributed by atoms with Crippen LogP contribution in [0.15, 0.2) is 12.3 Å². The smallest absolute Gasteiger partial charge is 0.373 e. The first kappa shape index (κ1) is 11.4. The third kappa shape index (κ3) is 1.77. The summed E-state index contributed by atoms with van der Waals surface area (Å²) in [6.45, 7) is 0. The number of nitrogens with zero attached hydrogens (tertiary/aromatic N) is 2. The van der Waals surface area contributed by atoms with Gasteiger partial charge in [-0.2, -0.15) is 0 Å². The second-order valence-corrected chi connectivity index (χ2v) is 6.57. The molecule has 100 valence electrons. The van der Waals surface area contributed by atoms with E-state index in [1.165, 1.54) is 32.1 Å². The largest absolute Gasteiger partial charge is 0.475 e. The minimum absolute atomic E-state index is 0.0497. The molecule has 19 heavy (non-hydrogen) atoms. The zero-order chi connectivity index (χ0) is 13.0. The van der Waals surface area contributed by atoms with E-state index in [4.69, 9.17) is 5.11 Å². The van der Waals surface area contributed by atoms with Gasteiger partial charge in [0.2, 0.25) is 5.82 Å². The highest BCUT2D eigenvalue weighted by atomic mass is 16.4.